The molecule has 0 spiro atoms. The molecule has 0 aliphatic carbocycles. The largest absolute Gasteiger partial charge is 0.497 e. The van der Waals surface area contributed by atoms with Gasteiger partial charge in [0.2, 0.25) is 0 Å². The first kappa shape index (κ1) is 104. The van der Waals surface area contributed by atoms with Crippen LogP contribution in [0.25, 0.3) is 44.5 Å². The average Bonchev–Trinajstić information content (AvgIpc) is 0.815. The van der Waals surface area contributed by atoms with Crippen LogP contribution in [-0.2, 0) is 55.1 Å². The van der Waals surface area contributed by atoms with Crippen LogP contribution in [0.2, 0.25) is 0 Å². The number of ether oxygens (including phenoxy) is 14. The van der Waals surface area contributed by atoms with Gasteiger partial charge in [0.1, 0.15) is 119 Å². The minimum absolute atomic E-state index is 0.0158. The number of hydrogen-bond donors (Lipinski definition) is 2. The van der Waals surface area contributed by atoms with Crippen molar-refractivity contribution >= 4 is 23.9 Å². The highest BCUT2D eigenvalue weighted by atomic mass is 19.1. The average molecular weight is 1840 g/mol. The lowest BCUT2D eigenvalue weighted by atomic mass is 9.98. The molecular formula is C110H120F4O20. The Morgan fingerprint density at radius 2 is 0.485 bits per heavy atom. The molecule has 0 saturated carbocycles. The second kappa shape index (κ2) is 53.4. The number of hydrogen-bond acceptors (Lipinski definition) is 18. The van der Waals surface area contributed by atoms with E-state index in [1.807, 2.05) is 225 Å². The lowest BCUT2D eigenvalue weighted by molar-refractivity contribution is -0.141. The Balaban J connectivity index is 0.000000201. The maximum absolute atomic E-state index is 14.6. The minimum Gasteiger partial charge on any atom is -0.497 e. The third-order valence-electron chi connectivity index (χ3n) is 21.6. The zero-order valence-electron chi connectivity index (χ0n) is 78.5. The van der Waals surface area contributed by atoms with E-state index in [1.165, 1.54) is 38.5 Å². The van der Waals surface area contributed by atoms with Crippen LogP contribution < -0.4 is 56.8 Å². The number of rotatable bonds is 44. The van der Waals surface area contributed by atoms with Crippen LogP contribution in [0.15, 0.2) is 243 Å². The molecule has 0 fully saturated rings. The molecule has 0 bridgehead atoms. The van der Waals surface area contributed by atoms with Crippen molar-refractivity contribution in [3.8, 4) is 114 Å². The molecule has 12 aromatic rings. The lowest BCUT2D eigenvalue weighted by Gasteiger charge is -2.16. The SMILES string of the molecule is CCCOc1cc(COc2cccc([C@@H](C)CC(=O)O)c2)ccc1-c1cc(OC)ccc1F.CCCOc1cc(COc2cccc([C@@H](C)CC(=O)OC)c2)ccc1-c1cc(OC)ccc1F.CCCOc1cc(COc2cccc([C@H](C)CC(=O)O)c2)ccc1-c1cc(OC)ccc1F.CCCOc1cc(COc2cccc([C@H](C)CC(=O)OC)c2)ccc1-c1cc(OC)ccc1F. The summed E-state index contributed by atoms with van der Waals surface area (Å²) in [5, 5.41) is 18.1. The molecule has 708 valence electrons. The highest BCUT2D eigenvalue weighted by molar-refractivity contribution is 5.77. The summed E-state index contributed by atoms with van der Waals surface area (Å²) in [6, 6.07) is 71.2. The summed E-state index contributed by atoms with van der Waals surface area (Å²) in [6.07, 6.45) is 4.03. The molecule has 0 unspecified atom stereocenters. The summed E-state index contributed by atoms with van der Waals surface area (Å²) < 4.78 is 137. The van der Waals surface area contributed by atoms with Gasteiger partial charge in [-0.25, -0.2) is 17.6 Å². The summed E-state index contributed by atoms with van der Waals surface area (Å²) in [5.74, 6) is 3.60. The van der Waals surface area contributed by atoms with Crippen LogP contribution in [0.5, 0.6) is 69.0 Å². The normalized spacial score (nSPS) is 11.6. The number of halogens is 4. The number of carboxylic acids is 2. The maximum atomic E-state index is 14.6. The molecule has 0 saturated heterocycles. The molecule has 24 heteroatoms. The van der Waals surface area contributed by atoms with Gasteiger partial charge in [0, 0.05) is 44.5 Å². The van der Waals surface area contributed by atoms with Gasteiger partial charge in [-0.3, -0.25) is 19.2 Å². The number of aliphatic carboxylic acids is 2. The first-order chi connectivity index (χ1) is 64.7. The third kappa shape index (κ3) is 31.5. The number of carbonyl (C=O) groups excluding carboxylic acids is 2. The van der Waals surface area contributed by atoms with Crippen molar-refractivity contribution < 1.29 is 113 Å². The number of methoxy groups -OCH3 is 6. The Morgan fingerprint density at radius 1 is 0.261 bits per heavy atom. The van der Waals surface area contributed by atoms with Crippen molar-refractivity contribution in [2.75, 3.05) is 69.1 Å². The van der Waals surface area contributed by atoms with Gasteiger partial charge in [-0.05, 0) is 239 Å². The van der Waals surface area contributed by atoms with Crippen molar-refractivity contribution in [2.24, 2.45) is 0 Å². The highest BCUT2D eigenvalue weighted by Gasteiger charge is 2.23. The van der Waals surface area contributed by atoms with E-state index in [4.69, 9.17) is 76.5 Å². The molecule has 0 aromatic heterocycles. The monoisotopic (exact) mass is 1840 g/mol. The topological polar surface area (TPSA) is 238 Å². The zero-order chi connectivity index (χ0) is 96.6. The van der Waals surface area contributed by atoms with Gasteiger partial charge >= 0.3 is 23.9 Å². The Morgan fingerprint density at radius 3 is 0.687 bits per heavy atom. The van der Waals surface area contributed by atoms with Gasteiger partial charge < -0.3 is 76.5 Å². The highest BCUT2D eigenvalue weighted by Crippen LogP contribution is 2.42. The Labute approximate surface area is 782 Å². The van der Waals surface area contributed by atoms with Crippen molar-refractivity contribution in [1.29, 1.82) is 0 Å². The van der Waals surface area contributed by atoms with Gasteiger partial charge in [-0.15, -0.1) is 0 Å². The maximum Gasteiger partial charge on any atom is 0.306 e. The first-order valence-electron chi connectivity index (χ1n) is 44.6. The van der Waals surface area contributed by atoms with E-state index in [9.17, 15) is 36.7 Å². The van der Waals surface area contributed by atoms with Crippen LogP contribution in [0, 0.1) is 23.3 Å². The van der Waals surface area contributed by atoms with E-state index in [1.54, 1.807) is 77.0 Å². The summed E-state index contributed by atoms with van der Waals surface area (Å²) in [4.78, 5) is 45.2. The smallest absolute Gasteiger partial charge is 0.306 e. The third-order valence-corrected chi connectivity index (χ3v) is 21.6. The van der Waals surface area contributed by atoms with E-state index in [-0.39, 0.29) is 71.7 Å². The summed E-state index contributed by atoms with van der Waals surface area (Å²) in [7, 11) is 8.98. The molecule has 0 amide bonds. The molecular weight excluding hydrogens is 1720 g/mol. The van der Waals surface area contributed by atoms with Crippen LogP contribution in [0.3, 0.4) is 0 Å². The summed E-state index contributed by atoms with van der Waals surface area (Å²) >= 11 is 0. The minimum atomic E-state index is -0.832. The van der Waals surface area contributed by atoms with Gasteiger partial charge in [0.15, 0.2) is 0 Å². The standard InChI is InChI=1S/2C28H31FO5.2C27H29FO5/c2*1-5-13-33-27-15-20(9-11-24(27)25-17-22(31-3)10-12-26(25)29)18-34-23-8-6-7-21(16-23)19(2)14-28(30)32-4;2*1-4-12-32-26-14-19(8-10-23(26)24-16-21(31-3)9-11-25(24)28)17-33-22-7-5-6-20(15-22)18(2)13-27(29)30/h2*6-12,15-17,19H,5,13-14,18H2,1-4H3;2*5-11,14-16,18H,4,12-13,17H2,1-3H3,(H,29,30)/t2*19-;2*18-/m1010/s1. The van der Waals surface area contributed by atoms with Crippen molar-refractivity contribution in [3.63, 3.8) is 0 Å². The molecule has 134 heavy (non-hydrogen) atoms. The number of carboxylic acid groups (broad SMARTS) is 2. The molecule has 12 rings (SSSR count). The van der Waals surface area contributed by atoms with E-state index in [0.717, 1.165) is 70.2 Å². The van der Waals surface area contributed by atoms with Gasteiger partial charge in [-0.2, -0.15) is 0 Å². The second-order valence-corrected chi connectivity index (χ2v) is 31.9. The number of carbonyl (C=O) groups is 4. The van der Waals surface area contributed by atoms with Crippen LogP contribution >= 0.6 is 0 Å². The fourth-order valence-electron chi connectivity index (χ4n) is 14.2. The van der Waals surface area contributed by atoms with E-state index in [2.05, 4.69) is 0 Å². The van der Waals surface area contributed by atoms with Crippen molar-refractivity contribution in [3.05, 3.63) is 310 Å². The second-order valence-electron chi connectivity index (χ2n) is 31.9. The molecule has 20 nitrogen and oxygen atoms in total. The molecule has 0 aliphatic rings. The Hall–Kier alpha value is -14.2. The molecule has 0 aliphatic heterocycles. The van der Waals surface area contributed by atoms with Gasteiger partial charge in [0.05, 0.1) is 94.8 Å². The molecule has 4 atom stereocenters. The fraction of sp³-hybridized carbons (Fsp3) is 0.309. The van der Waals surface area contributed by atoms with Crippen LogP contribution in [0.4, 0.5) is 17.6 Å². The predicted molar refractivity (Wildman–Crippen MR) is 511 cm³/mol. The van der Waals surface area contributed by atoms with Gasteiger partial charge in [-0.1, -0.05) is 152 Å². The lowest BCUT2D eigenvalue weighted by Crippen LogP contribution is -2.06. The first-order valence-corrected chi connectivity index (χ1v) is 44.6. The zero-order valence-corrected chi connectivity index (χ0v) is 78.5. The van der Waals surface area contributed by atoms with Crippen molar-refractivity contribution in [1.82, 2.24) is 0 Å². The summed E-state index contributed by atoms with van der Waals surface area (Å²) in [6.45, 7) is 19.0. The van der Waals surface area contributed by atoms with Crippen LogP contribution in [0.1, 0.15) is 175 Å². The Bertz CT molecular complexity index is 5470. The quantitative estimate of drug-likeness (QED) is 0.0266. The van der Waals surface area contributed by atoms with E-state index >= 15 is 0 Å². The molecule has 12 aromatic carbocycles. The molecule has 2 N–H and O–H groups in total. The predicted octanol–water partition coefficient (Wildman–Crippen LogP) is 26.0. The number of benzene rings is 12. The van der Waals surface area contributed by atoms with E-state index < -0.39 is 11.9 Å². The van der Waals surface area contributed by atoms with Gasteiger partial charge in [0.25, 0.3) is 0 Å². The molecule has 0 heterocycles. The van der Waals surface area contributed by atoms with Crippen molar-refractivity contribution in [2.45, 2.75) is 157 Å². The summed E-state index contributed by atoms with van der Waals surface area (Å²) in [5.41, 5.74) is 11.6. The van der Waals surface area contributed by atoms with E-state index in [0.29, 0.717) is 179 Å². The number of esters is 2. The van der Waals surface area contributed by atoms with Crippen LogP contribution in [-0.4, -0.2) is 103 Å². The Kier molecular flexibility index (Phi) is 41.2. The molecule has 0 radical (unpaired) electrons. The fourth-order valence-corrected chi connectivity index (χ4v) is 14.2.